The summed E-state index contributed by atoms with van der Waals surface area (Å²) in [5.74, 6) is 1.53. The van der Waals surface area contributed by atoms with Crippen LogP contribution in [-0.4, -0.2) is 23.6 Å². The van der Waals surface area contributed by atoms with Crippen LogP contribution in [0.25, 0.3) is 11.4 Å². The first-order chi connectivity index (χ1) is 10.2. The van der Waals surface area contributed by atoms with Gasteiger partial charge in [0.2, 0.25) is 0 Å². The Kier molecular flexibility index (Phi) is 5.70. The molecule has 0 unspecified atom stereocenters. The van der Waals surface area contributed by atoms with Gasteiger partial charge in [-0.3, -0.25) is 0 Å². The molecular formula is C16H20BrN3O. The van der Waals surface area contributed by atoms with E-state index in [1.54, 1.807) is 7.11 Å². The van der Waals surface area contributed by atoms with Gasteiger partial charge in [-0.05, 0) is 35.3 Å². The summed E-state index contributed by atoms with van der Waals surface area (Å²) in [7, 11) is 1.67. The Morgan fingerprint density at radius 3 is 2.76 bits per heavy atom. The molecule has 0 radical (unpaired) electrons. The number of nitrogens with one attached hydrogen (secondary N) is 1. The van der Waals surface area contributed by atoms with Crippen molar-refractivity contribution in [3.63, 3.8) is 0 Å². The van der Waals surface area contributed by atoms with Crippen molar-refractivity contribution in [2.45, 2.75) is 26.9 Å². The molecule has 0 spiro atoms. The minimum Gasteiger partial charge on any atom is -0.378 e. The third-order valence-corrected chi connectivity index (χ3v) is 3.85. The summed E-state index contributed by atoms with van der Waals surface area (Å²) < 4.78 is 6.10. The smallest absolute Gasteiger partial charge is 0.161 e. The second kappa shape index (κ2) is 7.52. The number of aromatic nitrogens is 2. The summed E-state index contributed by atoms with van der Waals surface area (Å²) in [5, 5.41) is 3.33. The van der Waals surface area contributed by atoms with Crippen molar-refractivity contribution < 1.29 is 4.74 Å². The van der Waals surface area contributed by atoms with E-state index in [4.69, 9.17) is 4.74 Å². The maximum Gasteiger partial charge on any atom is 0.161 e. The number of hydrogen-bond acceptors (Lipinski definition) is 4. The van der Waals surface area contributed by atoms with Crippen LogP contribution < -0.4 is 5.32 Å². The lowest BCUT2D eigenvalue weighted by atomic mass is 10.1. The zero-order chi connectivity index (χ0) is 15.2. The van der Waals surface area contributed by atoms with Crippen LogP contribution in [0, 0.1) is 6.92 Å². The number of hydrogen-bond donors (Lipinski definition) is 1. The van der Waals surface area contributed by atoms with Crippen molar-refractivity contribution in [3.05, 3.63) is 40.0 Å². The quantitative estimate of drug-likeness (QED) is 0.849. The lowest BCUT2D eigenvalue weighted by molar-refractivity contribution is 0.181. The predicted octanol–water partition coefficient (Wildman–Crippen LogP) is 4.18. The number of ether oxygens (including phenoxy) is 1. The summed E-state index contributed by atoms with van der Waals surface area (Å²) in [5.41, 5.74) is 3.05. The first-order valence-electron chi connectivity index (χ1n) is 7.02. The average Bonchev–Trinajstić information content (AvgIpc) is 2.48. The summed E-state index contributed by atoms with van der Waals surface area (Å²) in [6, 6.07) is 8.19. The monoisotopic (exact) mass is 349 g/mol. The van der Waals surface area contributed by atoms with Gasteiger partial charge in [-0.15, -0.1) is 0 Å². The van der Waals surface area contributed by atoms with Crippen LogP contribution in [0.5, 0.6) is 0 Å². The second-order valence-corrected chi connectivity index (χ2v) is 5.68. The largest absolute Gasteiger partial charge is 0.378 e. The molecule has 4 nitrogen and oxygen atoms in total. The number of aryl methyl sites for hydroxylation is 1. The fraction of sp³-hybridized carbons (Fsp3) is 0.375. The molecule has 0 aliphatic carbocycles. The topological polar surface area (TPSA) is 47.0 Å². The lowest BCUT2D eigenvalue weighted by Crippen LogP contribution is -2.08. The maximum atomic E-state index is 5.23. The van der Waals surface area contributed by atoms with Crippen molar-refractivity contribution in [2.24, 2.45) is 0 Å². The number of rotatable bonds is 6. The van der Waals surface area contributed by atoms with E-state index in [-0.39, 0.29) is 0 Å². The highest BCUT2D eigenvalue weighted by atomic mass is 79.9. The maximum absolute atomic E-state index is 5.23. The van der Waals surface area contributed by atoms with Crippen LogP contribution in [0.2, 0.25) is 0 Å². The Balaban J connectivity index is 2.47. The molecule has 2 rings (SSSR count). The second-order valence-electron chi connectivity index (χ2n) is 4.89. The van der Waals surface area contributed by atoms with Crippen molar-refractivity contribution in [1.29, 1.82) is 0 Å². The first kappa shape index (κ1) is 15.9. The number of nitrogens with zero attached hydrogens (tertiary/aromatic N) is 2. The van der Waals surface area contributed by atoms with Gasteiger partial charge in [0, 0.05) is 19.2 Å². The van der Waals surface area contributed by atoms with Crippen molar-refractivity contribution in [3.8, 4) is 11.4 Å². The van der Waals surface area contributed by atoms with Gasteiger partial charge in [0.05, 0.1) is 16.8 Å². The third-order valence-electron chi connectivity index (χ3n) is 3.02. The third kappa shape index (κ3) is 4.02. The molecule has 1 aromatic heterocycles. The molecule has 0 atom stereocenters. The zero-order valence-electron chi connectivity index (χ0n) is 12.6. The van der Waals surface area contributed by atoms with Crippen molar-refractivity contribution >= 4 is 21.7 Å². The van der Waals surface area contributed by atoms with E-state index < -0.39 is 0 Å². The molecule has 0 amide bonds. The number of halogens is 1. The minimum atomic E-state index is 0.447. The summed E-state index contributed by atoms with van der Waals surface area (Å²) in [4.78, 5) is 9.26. The van der Waals surface area contributed by atoms with Crippen LogP contribution in [0.1, 0.15) is 24.6 Å². The highest BCUT2D eigenvalue weighted by molar-refractivity contribution is 9.10. The molecule has 5 heteroatoms. The van der Waals surface area contributed by atoms with Gasteiger partial charge in [-0.1, -0.05) is 30.7 Å². The van der Waals surface area contributed by atoms with Gasteiger partial charge in [0.25, 0.3) is 0 Å². The average molecular weight is 350 g/mol. The minimum absolute atomic E-state index is 0.447. The van der Waals surface area contributed by atoms with Crippen molar-refractivity contribution in [1.82, 2.24) is 9.97 Å². The van der Waals surface area contributed by atoms with Gasteiger partial charge >= 0.3 is 0 Å². The Morgan fingerprint density at radius 1 is 1.29 bits per heavy atom. The fourth-order valence-electron chi connectivity index (χ4n) is 2.00. The Bertz CT molecular complexity index is 616. The predicted molar refractivity (Wildman–Crippen MR) is 89.4 cm³/mol. The zero-order valence-corrected chi connectivity index (χ0v) is 14.2. The standard InChI is InChI=1S/C16H20BrN3O/c1-4-8-18-16-14(17)13(10-21-3)19-15(20-16)12-7-5-6-11(2)9-12/h5-7,9H,4,8,10H2,1-3H3,(H,18,19,20). The molecule has 1 N–H and O–H groups in total. The Labute approximate surface area is 134 Å². The highest BCUT2D eigenvalue weighted by Gasteiger charge is 2.13. The number of anilines is 1. The van der Waals surface area contributed by atoms with Crippen molar-refractivity contribution in [2.75, 3.05) is 19.0 Å². The molecule has 1 heterocycles. The van der Waals surface area contributed by atoms with E-state index in [0.29, 0.717) is 12.4 Å². The molecule has 21 heavy (non-hydrogen) atoms. The molecule has 112 valence electrons. The molecule has 0 bridgehead atoms. The summed E-state index contributed by atoms with van der Waals surface area (Å²) in [6.07, 6.45) is 1.04. The van der Waals surface area contributed by atoms with Crippen LogP contribution in [0.4, 0.5) is 5.82 Å². The van der Waals surface area contributed by atoms with E-state index in [9.17, 15) is 0 Å². The molecule has 0 aliphatic rings. The fourth-order valence-corrected chi connectivity index (χ4v) is 2.43. The SMILES string of the molecule is CCCNc1nc(-c2cccc(C)c2)nc(COC)c1Br. The molecule has 0 saturated heterocycles. The van der Waals surface area contributed by atoms with Gasteiger partial charge in [0.15, 0.2) is 5.82 Å². The molecule has 2 aromatic rings. The first-order valence-corrected chi connectivity index (χ1v) is 7.81. The summed E-state index contributed by atoms with van der Waals surface area (Å²) >= 11 is 3.57. The Morgan fingerprint density at radius 2 is 2.10 bits per heavy atom. The molecule has 0 saturated carbocycles. The normalized spacial score (nSPS) is 10.7. The van der Waals surface area contributed by atoms with E-state index in [1.807, 2.05) is 12.1 Å². The van der Waals surface area contributed by atoms with E-state index in [1.165, 1.54) is 5.56 Å². The van der Waals surface area contributed by atoms with Gasteiger partial charge in [-0.25, -0.2) is 9.97 Å². The van der Waals surface area contributed by atoms with E-state index >= 15 is 0 Å². The number of benzene rings is 1. The van der Waals surface area contributed by atoms with Gasteiger partial charge in [-0.2, -0.15) is 0 Å². The summed E-state index contributed by atoms with van der Waals surface area (Å²) in [6.45, 7) is 5.51. The van der Waals surface area contributed by atoms with Crippen LogP contribution in [0.15, 0.2) is 28.7 Å². The molecule has 0 fully saturated rings. The number of methoxy groups -OCH3 is 1. The van der Waals surface area contributed by atoms with Gasteiger partial charge in [0.1, 0.15) is 5.82 Å². The molecule has 0 aliphatic heterocycles. The van der Waals surface area contributed by atoms with Crippen LogP contribution >= 0.6 is 15.9 Å². The highest BCUT2D eigenvalue weighted by Crippen LogP contribution is 2.28. The Hall–Kier alpha value is -1.46. The lowest BCUT2D eigenvalue weighted by Gasteiger charge is -2.12. The van der Waals surface area contributed by atoms with Crippen LogP contribution in [0.3, 0.4) is 0 Å². The van der Waals surface area contributed by atoms with E-state index in [0.717, 1.165) is 34.5 Å². The molecule has 1 aromatic carbocycles. The van der Waals surface area contributed by atoms with Crippen LogP contribution in [-0.2, 0) is 11.3 Å². The van der Waals surface area contributed by atoms with E-state index in [2.05, 4.69) is 57.2 Å². The van der Waals surface area contributed by atoms with Gasteiger partial charge < -0.3 is 10.1 Å². The molecular weight excluding hydrogens is 330 g/mol.